The summed E-state index contributed by atoms with van der Waals surface area (Å²) in [5.41, 5.74) is 1.36. The van der Waals surface area contributed by atoms with Gasteiger partial charge in [-0.3, -0.25) is 19.6 Å². The molecule has 0 saturated heterocycles. The number of nitro groups is 1. The molecule has 1 heterocycles. The van der Waals surface area contributed by atoms with Gasteiger partial charge in [-0.05, 0) is 54.7 Å². The molecule has 0 atom stereocenters. The van der Waals surface area contributed by atoms with Crippen LogP contribution in [-0.2, 0) is 7.05 Å². The molecule has 0 saturated carbocycles. The molecule has 116 valence electrons. The monoisotopic (exact) mass is 494 g/mol. The van der Waals surface area contributed by atoms with Crippen molar-refractivity contribution >= 4 is 65.1 Å². The van der Waals surface area contributed by atoms with E-state index in [1.165, 1.54) is 16.8 Å². The van der Waals surface area contributed by atoms with Crippen molar-refractivity contribution in [2.75, 3.05) is 5.32 Å². The Kier molecular flexibility index (Phi) is 5.03. The summed E-state index contributed by atoms with van der Waals surface area (Å²) in [6, 6.07) is 2.65. The van der Waals surface area contributed by atoms with Crippen LogP contribution in [0.2, 0.25) is 0 Å². The van der Waals surface area contributed by atoms with Gasteiger partial charge in [-0.2, -0.15) is 5.10 Å². The average molecular weight is 497 g/mol. The van der Waals surface area contributed by atoms with E-state index in [2.05, 4.69) is 58.2 Å². The van der Waals surface area contributed by atoms with E-state index >= 15 is 0 Å². The first kappa shape index (κ1) is 17.1. The third-order valence-corrected chi connectivity index (χ3v) is 5.04. The van der Waals surface area contributed by atoms with E-state index in [0.29, 0.717) is 30.5 Å². The molecule has 1 aromatic carbocycles. The van der Waals surface area contributed by atoms with Gasteiger partial charge < -0.3 is 5.32 Å². The maximum atomic E-state index is 12.4. The first-order valence-corrected chi connectivity index (χ1v) is 8.24. The molecule has 1 N–H and O–H groups in total. The number of amides is 1. The molecule has 0 spiro atoms. The fourth-order valence-electron chi connectivity index (χ4n) is 1.84. The van der Waals surface area contributed by atoms with E-state index in [0.717, 1.165) is 0 Å². The number of nitro benzene ring substituents is 1. The lowest BCUT2D eigenvalue weighted by molar-refractivity contribution is -0.385. The lowest BCUT2D eigenvalue weighted by Crippen LogP contribution is -2.17. The number of anilines is 1. The van der Waals surface area contributed by atoms with Gasteiger partial charge in [-0.15, -0.1) is 0 Å². The van der Waals surface area contributed by atoms with Crippen molar-refractivity contribution in [1.82, 2.24) is 9.78 Å². The second-order valence-electron chi connectivity index (χ2n) is 4.37. The minimum atomic E-state index is -0.512. The largest absolute Gasteiger partial charge is 0.319 e. The van der Waals surface area contributed by atoms with Crippen molar-refractivity contribution in [3.05, 3.63) is 47.1 Å². The molecule has 0 fully saturated rings. The number of non-ortho nitro benzene ring substituents is 1. The van der Waals surface area contributed by atoms with Gasteiger partial charge >= 0.3 is 0 Å². The Morgan fingerprint density at radius 3 is 2.27 bits per heavy atom. The molecule has 2 aromatic rings. The van der Waals surface area contributed by atoms with Crippen molar-refractivity contribution in [3.63, 3.8) is 0 Å². The van der Waals surface area contributed by atoms with Crippen LogP contribution in [0.15, 0.2) is 25.6 Å². The molecule has 7 nitrogen and oxygen atoms in total. The molecule has 22 heavy (non-hydrogen) atoms. The van der Waals surface area contributed by atoms with Crippen LogP contribution in [0.4, 0.5) is 11.4 Å². The van der Waals surface area contributed by atoms with E-state index in [1.807, 2.05) is 0 Å². The number of hydrogen-bond donors (Lipinski definition) is 1. The minimum Gasteiger partial charge on any atom is -0.319 e. The SMILES string of the molecule is Cc1nn(C)c(C(=O)Nc2c(Br)cc([N+](=O)[O-])cc2Br)c1Br. The van der Waals surface area contributed by atoms with Gasteiger partial charge in [0.2, 0.25) is 0 Å². The summed E-state index contributed by atoms with van der Waals surface area (Å²) in [5.74, 6) is -0.384. The second kappa shape index (κ2) is 6.47. The number of aryl methyl sites for hydroxylation is 2. The zero-order valence-electron chi connectivity index (χ0n) is 11.4. The molecule has 0 unspecified atom stereocenters. The average Bonchev–Trinajstić information content (AvgIpc) is 2.67. The highest BCUT2D eigenvalue weighted by molar-refractivity contribution is 9.11. The van der Waals surface area contributed by atoms with E-state index in [-0.39, 0.29) is 11.6 Å². The van der Waals surface area contributed by atoms with E-state index in [1.54, 1.807) is 14.0 Å². The number of benzene rings is 1. The Balaban J connectivity index is 2.39. The van der Waals surface area contributed by atoms with Gasteiger partial charge in [-0.1, -0.05) is 0 Å². The zero-order valence-corrected chi connectivity index (χ0v) is 16.1. The number of halogens is 3. The van der Waals surface area contributed by atoms with Crippen LogP contribution in [0.25, 0.3) is 0 Å². The van der Waals surface area contributed by atoms with Crippen LogP contribution in [-0.4, -0.2) is 20.6 Å². The lowest BCUT2D eigenvalue weighted by Gasteiger charge is -2.10. The number of aromatic nitrogens is 2. The van der Waals surface area contributed by atoms with Crippen molar-refractivity contribution in [2.45, 2.75) is 6.92 Å². The number of carbonyl (C=O) groups excluding carboxylic acids is 1. The van der Waals surface area contributed by atoms with Crippen LogP contribution in [0, 0.1) is 17.0 Å². The quantitative estimate of drug-likeness (QED) is 0.510. The fraction of sp³-hybridized carbons (Fsp3) is 0.167. The fourth-order valence-corrected chi connectivity index (χ4v) is 3.71. The first-order valence-electron chi connectivity index (χ1n) is 5.86. The summed E-state index contributed by atoms with van der Waals surface area (Å²) in [6.45, 7) is 1.78. The summed E-state index contributed by atoms with van der Waals surface area (Å²) in [5, 5.41) is 17.7. The van der Waals surface area contributed by atoms with Crippen LogP contribution in [0.5, 0.6) is 0 Å². The summed E-state index contributed by atoms with van der Waals surface area (Å²) < 4.78 is 2.86. The number of rotatable bonds is 3. The molecule has 1 amide bonds. The number of hydrogen-bond acceptors (Lipinski definition) is 4. The molecule has 0 aliphatic heterocycles. The highest BCUT2D eigenvalue weighted by Gasteiger charge is 2.21. The highest BCUT2D eigenvalue weighted by atomic mass is 79.9. The molecular formula is C12H9Br3N4O3. The highest BCUT2D eigenvalue weighted by Crippen LogP contribution is 2.35. The van der Waals surface area contributed by atoms with Gasteiger partial charge in [0.15, 0.2) is 0 Å². The summed E-state index contributed by atoms with van der Waals surface area (Å²) in [7, 11) is 1.66. The standard InChI is InChI=1S/C12H9Br3N4O3/c1-5-9(15)11(18(2)17-5)12(20)16-10-7(13)3-6(19(21)22)4-8(10)14/h3-4H,1-2H3,(H,16,20). The topological polar surface area (TPSA) is 90.1 Å². The van der Waals surface area contributed by atoms with Crippen LogP contribution in [0.1, 0.15) is 16.2 Å². The van der Waals surface area contributed by atoms with Crippen molar-refractivity contribution < 1.29 is 9.72 Å². The summed E-state index contributed by atoms with van der Waals surface area (Å²) in [4.78, 5) is 22.7. The molecule has 10 heteroatoms. The number of nitrogens with zero attached hydrogens (tertiary/aromatic N) is 3. The molecule has 0 aliphatic rings. The molecular weight excluding hydrogens is 488 g/mol. The second-order valence-corrected chi connectivity index (χ2v) is 6.87. The third-order valence-electron chi connectivity index (χ3n) is 2.84. The molecule has 0 bridgehead atoms. The Labute approximate surface area is 150 Å². The summed E-state index contributed by atoms with van der Waals surface area (Å²) in [6.07, 6.45) is 0. The Morgan fingerprint density at radius 1 is 1.32 bits per heavy atom. The van der Waals surface area contributed by atoms with E-state index < -0.39 is 4.92 Å². The normalized spacial score (nSPS) is 10.6. The van der Waals surface area contributed by atoms with Crippen molar-refractivity contribution in [2.24, 2.45) is 7.05 Å². The molecule has 0 radical (unpaired) electrons. The predicted molar refractivity (Wildman–Crippen MR) is 92.1 cm³/mol. The Morgan fingerprint density at radius 2 is 1.86 bits per heavy atom. The maximum Gasteiger partial charge on any atom is 0.275 e. The maximum absolute atomic E-state index is 12.4. The van der Waals surface area contributed by atoms with Crippen LogP contribution in [0.3, 0.4) is 0 Å². The zero-order chi connectivity index (χ0) is 16.6. The summed E-state index contributed by atoms with van der Waals surface area (Å²) >= 11 is 9.78. The first-order chi connectivity index (χ1) is 10.2. The Bertz CT molecular complexity index is 765. The van der Waals surface area contributed by atoms with Gasteiger partial charge in [0.05, 0.1) is 20.8 Å². The van der Waals surface area contributed by atoms with E-state index in [9.17, 15) is 14.9 Å². The number of nitrogens with one attached hydrogen (secondary N) is 1. The minimum absolute atomic E-state index is 0.0886. The molecule has 1 aromatic heterocycles. The van der Waals surface area contributed by atoms with Crippen LogP contribution >= 0.6 is 47.8 Å². The number of carbonyl (C=O) groups is 1. The van der Waals surface area contributed by atoms with Gasteiger partial charge in [0.1, 0.15) is 5.69 Å². The van der Waals surface area contributed by atoms with Crippen molar-refractivity contribution in [3.8, 4) is 0 Å². The third kappa shape index (κ3) is 3.23. The smallest absolute Gasteiger partial charge is 0.275 e. The van der Waals surface area contributed by atoms with E-state index in [4.69, 9.17) is 0 Å². The van der Waals surface area contributed by atoms with Crippen LogP contribution < -0.4 is 5.32 Å². The lowest BCUT2D eigenvalue weighted by atomic mass is 10.2. The van der Waals surface area contributed by atoms with Gasteiger partial charge in [0, 0.05) is 28.1 Å². The predicted octanol–water partition coefficient (Wildman–Crippen LogP) is 4.18. The van der Waals surface area contributed by atoms with Gasteiger partial charge in [0.25, 0.3) is 11.6 Å². The molecule has 2 rings (SSSR count). The molecule has 0 aliphatic carbocycles. The van der Waals surface area contributed by atoms with Gasteiger partial charge in [-0.25, -0.2) is 0 Å². The van der Waals surface area contributed by atoms with Crippen molar-refractivity contribution in [1.29, 1.82) is 0 Å². The Hall–Kier alpha value is -1.26.